The molecule has 0 amide bonds. The van der Waals surface area contributed by atoms with E-state index in [1.165, 1.54) is 24.2 Å². The van der Waals surface area contributed by atoms with Crippen LogP contribution in [0.15, 0.2) is 67.3 Å². The first-order valence-corrected chi connectivity index (χ1v) is 16.7. The molecule has 0 radical (unpaired) electrons. The monoisotopic (exact) mass is 627 g/mol. The maximum absolute atomic E-state index is 8.52. The Kier molecular flexibility index (Phi) is 8.81. The molecule has 3 unspecified atom stereocenters. The second-order valence-electron chi connectivity index (χ2n) is 12.7. The molecule has 3 atom stereocenters. The van der Waals surface area contributed by atoms with Gasteiger partial charge in [-0.05, 0) is 74.7 Å². The van der Waals surface area contributed by atoms with Crippen molar-refractivity contribution in [1.82, 2.24) is 29.3 Å². The molecule has 0 spiro atoms. The second kappa shape index (κ2) is 13.3. The summed E-state index contributed by atoms with van der Waals surface area (Å²) in [6.45, 7) is 9.42. The van der Waals surface area contributed by atoms with E-state index < -0.39 is 5.79 Å². The third-order valence-electron chi connectivity index (χ3n) is 9.84. The molecule has 12 nitrogen and oxygen atoms in total. The largest absolute Gasteiger partial charge is 0.491 e. The van der Waals surface area contributed by atoms with Gasteiger partial charge in [0, 0.05) is 43.5 Å². The fraction of sp³-hybridized carbons (Fsp3) is 0.529. The van der Waals surface area contributed by atoms with Crippen molar-refractivity contribution in [3.8, 4) is 11.4 Å². The molecule has 4 heterocycles. The van der Waals surface area contributed by atoms with Crippen LogP contribution in [0.5, 0.6) is 5.75 Å². The maximum atomic E-state index is 8.52. The smallest absolute Gasteiger partial charge is 0.224 e. The summed E-state index contributed by atoms with van der Waals surface area (Å²) < 4.78 is 22.7. The summed E-state index contributed by atoms with van der Waals surface area (Å²) in [4.78, 5) is 6.52. The van der Waals surface area contributed by atoms with Crippen molar-refractivity contribution in [3.05, 3.63) is 72.9 Å². The lowest BCUT2D eigenvalue weighted by Gasteiger charge is -2.37. The number of hydrogen-bond donors (Lipinski definition) is 1. The molecule has 0 bridgehead atoms. The highest BCUT2D eigenvalue weighted by Gasteiger charge is 2.49. The predicted octanol–water partition coefficient (Wildman–Crippen LogP) is 4.42. The van der Waals surface area contributed by atoms with E-state index in [9.17, 15) is 0 Å². The Morgan fingerprint density at radius 3 is 2.13 bits per heavy atom. The summed E-state index contributed by atoms with van der Waals surface area (Å²) >= 11 is 0. The molecule has 7 rings (SSSR count). The lowest BCUT2D eigenvalue weighted by Crippen LogP contribution is -2.46. The fourth-order valence-corrected chi connectivity index (χ4v) is 6.98. The van der Waals surface area contributed by atoms with E-state index in [1.54, 1.807) is 28.2 Å². The average Bonchev–Trinajstić information content (AvgIpc) is 3.93. The van der Waals surface area contributed by atoms with E-state index in [4.69, 9.17) is 19.6 Å². The number of ether oxygens (including phenoxy) is 3. The van der Waals surface area contributed by atoms with Crippen LogP contribution in [0.2, 0.25) is 0 Å². The first kappa shape index (κ1) is 30.5. The van der Waals surface area contributed by atoms with Crippen LogP contribution in [0.1, 0.15) is 52.0 Å². The van der Waals surface area contributed by atoms with Gasteiger partial charge < -0.3 is 24.0 Å². The van der Waals surface area contributed by atoms with Crippen molar-refractivity contribution in [2.24, 2.45) is 5.92 Å². The highest BCUT2D eigenvalue weighted by Crippen LogP contribution is 2.42. The number of hydrogen-bond acceptors (Lipinski definition) is 9. The fourth-order valence-electron chi connectivity index (χ4n) is 6.98. The van der Waals surface area contributed by atoms with Crippen LogP contribution in [0.4, 0.5) is 11.4 Å². The SMILES string of the molecule is CCC(C)n1ncn(-c2ccc(N3CCN(c4ccc(OCC5COC(Cn6nccn6)(C6CCCC6)O5)cc4)CC3)cc2)c1=N. The summed E-state index contributed by atoms with van der Waals surface area (Å²) in [6, 6.07) is 17.1. The Bertz CT molecular complexity index is 1600. The molecule has 12 heteroatoms. The van der Waals surface area contributed by atoms with Gasteiger partial charge in [-0.2, -0.15) is 20.1 Å². The Morgan fingerprint density at radius 1 is 0.891 bits per heavy atom. The number of nitrogens with one attached hydrogen (secondary N) is 1. The summed E-state index contributed by atoms with van der Waals surface area (Å²) in [5.41, 5.74) is 3.75. The molecule has 4 aromatic rings. The van der Waals surface area contributed by atoms with Gasteiger partial charge in [0.25, 0.3) is 0 Å². The minimum Gasteiger partial charge on any atom is -0.491 e. The van der Waals surface area contributed by atoms with E-state index in [1.807, 2.05) is 4.57 Å². The molecule has 244 valence electrons. The van der Waals surface area contributed by atoms with E-state index in [-0.39, 0.29) is 12.1 Å². The van der Waals surface area contributed by atoms with Crippen LogP contribution in [-0.2, 0) is 16.0 Å². The third-order valence-corrected chi connectivity index (χ3v) is 9.84. The maximum Gasteiger partial charge on any atom is 0.224 e. The van der Waals surface area contributed by atoms with Crippen LogP contribution in [0, 0.1) is 11.3 Å². The predicted molar refractivity (Wildman–Crippen MR) is 174 cm³/mol. The minimum atomic E-state index is -0.681. The number of rotatable bonds is 11. The van der Waals surface area contributed by atoms with Crippen LogP contribution >= 0.6 is 0 Å². The third kappa shape index (κ3) is 6.28. The van der Waals surface area contributed by atoms with Crippen LogP contribution in [0.3, 0.4) is 0 Å². The van der Waals surface area contributed by atoms with Gasteiger partial charge in [0.05, 0.1) is 30.7 Å². The molecular formula is C34H45N9O3. The van der Waals surface area contributed by atoms with Gasteiger partial charge in [0.15, 0.2) is 5.79 Å². The molecule has 2 aromatic heterocycles. The Hall–Kier alpha value is -4.16. The Morgan fingerprint density at radius 2 is 1.50 bits per heavy atom. The highest BCUT2D eigenvalue weighted by atomic mass is 16.8. The molecule has 2 aliphatic heterocycles. The van der Waals surface area contributed by atoms with Gasteiger partial charge >= 0.3 is 0 Å². The van der Waals surface area contributed by atoms with Gasteiger partial charge in [0.2, 0.25) is 5.62 Å². The standard InChI is InChI=1S/C34H45N9O3/c1-3-26(2)43-33(35)41(25-38-43)30-10-8-28(9-11-30)39-18-20-40(21-19-39)29-12-14-31(15-13-29)44-22-32-23-45-34(46-32,27-6-4-5-7-27)24-42-36-16-17-37-42/h8-17,25-27,32,35H,3-7,18-24H2,1-2H3. The van der Waals surface area contributed by atoms with Crippen molar-refractivity contribution >= 4 is 11.4 Å². The molecule has 2 aromatic carbocycles. The normalized spacial score (nSPS) is 22.9. The number of anilines is 2. The number of aromatic nitrogens is 6. The van der Waals surface area contributed by atoms with Crippen LogP contribution in [0.25, 0.3) is 5.69 Å². The van der Waals surface area contributed by atoms with Gasteiger partial charge in [-0.1, -0.05) is 19.8 Å². The van der Waals surface area contributed by atoms with Gasteiger partial charge in [-0.3, -0.25) is 9.98 Å². The zero-order valence-corrected chi connectivity index (χ0v) is 26.9. The van der Waals surface area contributed by atoms with Gasteiger partial charge in [0.1, 0.15) is 31.3 Å². The van der Waals surface area contributed by atoms with E-state index in [0.717, 1.165) is 56.9 Å². The summed E-state index contributed by atoms with van der Waals surface area (Å²) in [5, 5.41) is 21.6. The average molecular weight is 628 g/mol. The molecule has 1 saturated carbocycles. The molecule has 1 N–H and O–H groups in total. The van der Waals surface area contributed by atoms with Crippen molar-refractivity contribution in [3.63, 3.8) is 0 Å². The molecule has 1 aliphatic carbocycles. The van der Waals surface area contributed by atoms with Crippen molar-refractivity contribution < 1.29 is 14.2 Å². The van der Waals surface area contributed by atoms with E-state index in [0.29, 0.717) is 31.3 Å². The lowest BCUT2D eigenvalue weighted by molar-refractivity contribution is -0.217. The number of piperazine rings is 1. The Balaban J connectivity index is 0.901. The molecular weight excluding hydrogens is 582 g/mol. The van der Waals surface area contributed by atoms with Gasteiger partial charge in [-0.25, -0.2) is 4.68 Å². The van der Waals surface area contributed by atoms with Crippen molar-refractivity contribution in [1.29, 1.82) is 5.41 Å². The summed E-state index contributed by atoms with van der Waals surface area (Å²) in [6.07, 6.45) is 10.6. The van der Waals surface area contributed by atoms with Crippen LogP contribution < -0.4 is 20.2 Å². The number of benzene rings is 2. The highest BCUT2D eigenvalue weighted by molar-refractivity contribution is 5.54. The zero-order valence-electron chi connectivity index (χ0n) is 26.9. The quantitative estimate of drug-likeness (QED) is 0.260. The topological polar surface area (TPSA) is 111 Å². The first-order valence-electron chi connectivity index (χ1n) is 16.7. The van der Waals surface area contributed by atoms with Gasteiger partial charge in [-0.15, -0.1) is 0 Å². The van der Waals surface area contributed by atoms with E-state index >= 15 is 0 Å². The first-order chi connectivity index (χ1) is 22.5. The molecule has 3 aliphatic rings. The van der Waals surface area contributed by atoms with E-state index in [2.05, 4.69) is 87.5 Å². The molecule has 3 fully saturated rings. The zero-order chi connectivity index (χ0) is 31.5. The van der Waals surface area contributed by atoms with Crippen molar-refractivity contribution in [2.75, 3.05) is 49.2 Å². The summed E-state index contributed by atoms with van der Waals surface area (Å²) in [5.74, 6) is 0.505. The second-order valence-corrected chi connectivity index (χ2v) is 12.7. The minimum absolute atomic E-state index is 0.131. The van der Waals surface area contributed by atoms with Crippen molar-refractivity contribution in [2.45, 2.75) is 70.4 Å². The Labute approximate surface area is 270 Å². The molecule has 46 heavy (non-hydrogen) atoms. The number of nitrogens with zero attached hydrogens (tertiary/aromatic N) is 8. The van der Waals surface area contributed by atoms with Crippen LogP contribution in [-0.4, -0.2) is 80.6 Å². The lowest BCUT2D eigenvalue weighted by atomic mass is 9.96. The molecule has 2 saturated heterocycles. The summed E-state index contributed by atoms with van der Waals surface area (Å²) in [7, 11) is 0.